The number of hydrogen-bond donors (Lipinski definition) is 1. The van der Waals surface area contributed by atoms with E-state index in [2.05, 4.69) is 0 Å². The van der Waals surface area contributed by atoms with Gasteiger partial charge in [0.05, 0.1) is 19.1 Å². The number of carbonyl (C=O) groups excluding carboxylic acids is 1. The van der Waals surface area contributed by atoms with Crippen LogP contribution in [0.3, 0.4) is 0 Å². The van der Waals surface area contributed by atoms with Gasteiger partial charge in [-0.3, -0.25) is 0 Å². The summed E-state index contributed by atoms with van der Waals surface area (Å²) in [7, 11) is -0.797. The maximum absolute atomic E-state index is 12.8. The Balaban J connectivity index is 2.35. The monoisotopic (exact) mass is 342 g/mol. The quantitative estimate of drug-likeness (QED) is 0.788. The highest BCUT2D eigenvalue weighted by molar-refractivity contribution is 7.89. The standard InChI is InChI=1S/C15H22N2O5S/c1-21-14-6-5-12(8-15(14)22-2)23(19,20)17-7-3-4-13(16)11(9-17)10-18/h5-6,8,10-11,13H,3-4,7,9,16H2,1-2H3. The first-order valence-electron chi connectivity index (χ1n) is 7.37. The third-order valence-electron chi connectivity index (χ3n) is 4.08. The normalized spacial score (nSPS) is 23.1. The van der Waals surface area contributed by atoms with E-state index in [9.17, 15) is 13.2 Å². The molecule has 0 aliphatic carbocycles. The molecule has 23 heavy (non-hydrogen) atoms. The number of carbonyl (C=O) groups is 1. The summed E-state index contributed by atoms with van der Waals surface area (Å²) in [6, 6.07) is 4.14. The van der Waals surface area contributed by atoms with Crippen molar-refractivity contribution in [3.8, 4) is 11.5 Å². The molecule has 2 N–H and O–H groups in total. The predicted molar refractivity (Wildman–Crippen MR) is 85.1 cm³/mol. The van der Waals surface area contributed by atoms with E-state index in [1.54, 1.807) is 6.07 Å². The Morgan fingerprint density at radius 3 is 2.57 bits per heavy atom. The molecule has 0 bridgehead atoms. The van der Waals surface area contributed by atoms with Gasteiger partial charge in [0, 0.05) is 31.1 Å². The second-order valence-electron chi connectivity index (χ2n) is 5.49. The molecule has 1 fully saturated rings. The molecule has 0 spiro atoms. The fourth-order valence-electron chi connectivity index (χ4n) is 2.67. The molecule has 1 aliphatic rings. The number of hydrogen-bond acceptors (Lipinski definition) is 6. The topological polar surface area (TPSA) is 98.9 Å². The van der Waals surface area contributed by atoms with Gasteiger partial charge in [-0.05, 0) is 25.0 Å². The maximum atomic E-state index is 12.8. The average molecular weight is 342 g/mol. The van der Waals surface area contributed by atoms with Crippen LogP contribution in [0.2, 0.25) is 0 Å². The van der Waals surface area contributed by atoms with Gasteiger partial charge in [0.15, 0.2) is 11.5 Å². The van der Waals surface area contributed by atoms with Crippen LogP contribution in [0.1, 0.15) is 12.8 Å². The molecule has 1 aromatic rings. The summed E-state index contributed by atoms with van der Waals surface area (Å²) in [4.78, 5) is 11.3. The first-order chi connectivity index (χ1) is 10.9. The lowest BCUT2D eigenvalue weighted by molar-refractivity contribution is -0.111. The Kier molecular flexibility index (Phi) is 5.61. The van der Waals surface area contributed by atoms with Crippen LogP contribution >= 0.6 is 0 Å². The molecule has 0 radical (unpaired) electrons. The molecule has 0 amide bonds. The second-order valence-corrected chi connectivity index (χ2v) is 7.42. The van der Waals surface area contributed by atoms with Gasteiger partial charge < -0.3 is 20.0 Å². The molecule has 2 rings (SSSR count). The van der Waals surface area contributed by atoms with Crippen LogP contribution in [0.4, 0.5) is 0 Å². The first kappa shape index (κ1) is 17.7. The van der Waals surface area contributed by atoms with Crippen LogP contribution in [-0.4, -0.2) is 52.4 Å². The van der Waals surface area contributed by atoms with Crippen LogP contribution in [0.25, 0.3) is 0 Å². The van der Waals surface area contributed by atoms with Gasteiger partial charge >= 0.3 is 0 Å². The third kappa shape index (κ3) is 3.65. The van der Waals surface area contributed by atoms with Crippen molar-refractivity contribution in [1.29, 1.82) is 0 Å². The Labute approximate surface area is 136 Å². The number of aldehydes is 1. The van der Waals surface area contributed by atoms with E-state index >= 15 is 0 Å². The summed E-state index contributed by atoms with van der Waals surface area (Å²) < 4.78 is 37.3. The second kappa shape index (κ2) is 7.29. The first-order valence-corrected chi connectivity index (χ1v) is 8.81. The van der Waals surface area contributed by atoms with Gasteiger partial charge in [-0.25, -0.2) is 8.42 Å². The molecule has 8 heteroatoms. The van der Waals surface area contributed by atoms with Gasteiger partial charge in [0.1, 0.15) is 6.29 Å². The van der Waals surface area contributed by atoms with Gasteiger partial charge in [0.2, 0.25) is 10.0 Å². The van der Waals surface area contributed by atoms with E-state index in [1.807, 2.05) is 0 Å². The van der Waals surface area contributed by atoms with Gasteiger partial charge in [-0.2, -0.15) is 4.31 Å². The van der Waals surface area contributed by atoms with Gasteiger partial charge in [-0.1, -0.05) is 0 Å². The molecule has 1 saturated heterocycles. The largest absolute Gasteiger partial charge is 0.493 e. The molecular formula is C15H22N2O5S. The fraction of sp³-hybridized carbons (Fsp3) is 0.533. The zero-order valence-electron chi connectivity index (χ0n) is 13.3. The van der Waals surface area contributed by atoms with E-state index in [4.69, 9.17) is 15.2 Å². The minimum Gasteiger partial charge on any atom is -0.493 e. The lowest BCUT2D eigenvalue weighted by Crippen LogP contribution is -2.39. The molecule has 1 aliphatic heterocycles. The van der Waals surface area contributed by atoms with Crippen molar-refractivity contribution in [2.24, 2.45) is 11.7 Å². The summed E-state index contributed by atoms with van der Waals surface area (Å²) in [5.74, 6) is 0.301. The summed E-state index contributed by atoms with van der Waals surface area (Å²) >= 11 is 0. The van der Waals surface area contributed by atoms with Crippen molar-refractivity contribution in [3.05, 3.63) is 18.2 Å². The van der Waals surface area contributed by atoms with Crippen molar-refractivity contribution in [3.63, 3.8) is 0 Å². The minimum absolute atomic E-state index is 0.0986. The lowest BCUT2D eigenvalue weighted by atomic mass is 10.00. The maximum Gasteiger partial charge on any atom is 0.243 e. The minimum atomic E-state index is -3.73. The molecule has 7 nitrogen and oxygen atoms in total. The molecule has 0 aromatic heterocycles. The number of methoxy groups -OCH3 is 2. The van der Waals surface area contributed by atoms with Crippen LogP contribution < -0.4 is 15.2 Å². The van der Waals surface area contributed by atoms with E-state index in [-0.39, 0.29) is 17.5 Å². The number of nitrogens with two attached hydrogens (primary N) is 1. The summed E-state index contributed by atoms with van der Waals surface area (Å²) in [6.07, 6.45) is 1.99. The van der Waals surface area contributed by atoms with Gasteiger partial charge in [-0.15, -0.1) is 0 Å². The molecule has 128 valence electrons. The SMILES string of the molecule is COc1ccc(S(=O)(=O)N2CCCC(N)C(C=O)C2)cc1OC. The smallest absolute Gasteiger partial charge is 0.243 e. The summed E-state index contributed by atoms with van der Waals surface area (Å²) in [6.45, 7) is 0.441. The fourth-order valence-corrected chi connectivity index (χ4v) is 4.20. The van der Waals surface area contributed by atoms with Crippen LogP contribution in [0.5, 0.6) is 11.5 Å². The molecular weight excluding hydrogens is 320 g/mol. The predicted octanol–water partition coefficient (Wildman–Crippen LogP) is 0.631. The molecule has 1 aromatic carbocycles. The molecule has 1 heterocycles. The van der Waals surface area contributed by atoms with Crippen molar-refractivity contribution in [1.82, 2.24) is 4.31 Å². The third-order valence-corrected chi connectivity index (χ3v) is 5.94. The number of nitrogens with zero attached hydrogens (tertiary/aromatic N) is 1. The van der Waals surface area contributed by atoms with E-state index < -0.39 is 15.9 Å². The zero-order valence-corrected chi connectivity index (χ0v) is 14.1. The Bertz CT molecular complexity index is 662. The number of rotatable bonds is 5. The highest BCUT2D eigenvalue weighted by Gasteiger charge is 2.32. The summed E-state index contributed by atoms with van der Waals surface area (Å²) in [5, 5.41) is 0. The number of benzene rings is 1. The number of ether oxygens (including phenoxy) is 2. The number of sulfonamides is 1. The Hall–Kier alpha value is -1.64. The van der Waals surface area contributed by atoms with Crippen LogP contribution in [0, 0.1) is 5.92 Å². The van der Waals surface area contributed by atoms with E-state index in [0.29, 0.717) is 30.9 Å². The van der Waals surface area contributed by atoms with Crippen molar-refractivity contribution < 1.29 is 22.7 Å². The van der Waals surface area contributed by atoms with E-state index in [1.165, 1.54) is 30.7 Å². The Morgan fingerprint density at radius 1 is 1.26 bits per heavy atom. The van der Waals surface area contributed by atoms with Crippen LogP contribution in [0.15, 0.2) is 23.1 Å². The van der Waals surface area contributed by atoms with E-state index in [0.717, 1.165) is 6.29 Å². The highest BCUT2D eigenvalue weighted by Crippen LogP contribution is 2.31. The zero-order chi connectivity index (χ0) is 17.0. The highest BCUT2D eigenvalue weighted by atomic mass is 32.2. The lowest BCUT2D eigenvalue weighted by Gasteiger charge is -2.23. The van der Waals surface area contributed by atoms with Crippen LogP contribution in [-0.2, 0) is 14.8 Å². The average Bonchev–Trinajstić information content (AvgIpc) is 2.75. The molecule has 2 atom stereocenters. The van der Waals surface area contributed by atoms with Crippen molar-refractivity contribution in [2.75, 3.05) is 27.3 Å². The molecule has 2 unspecified atom stereocenters. The Morgan fingerprint density at radius 2 is 1.96 bits per heavy atom. The van der Waals surface area contributed by atoms with Crippen molar-refractivity contribution in [2.45, 2.75) is 23.8 Å². The molecule has 0 saturated carbocycles. The summed E-state index contributed by atoms with van der Waals surface area (Å²) in [5.41, 5.74) is 5.93. The van der Waals surface area contributed by atoms with Gasteiger partial charge in [0.25, 0.3) is 0 Å². The van der Waals surface area contributed by atoms with Crippen molar-refractivity contribution >= 4 is 16.3 Å².